The number of carbonyl (C=O) groups is 1. The van der Waals surface area contributed by atoms with Crippen molar-refractivity contribution >= 4 is 12.0 Å². The van der Waals surface area contributed by atoms with Crippen molar-refractivity contribution in [3.05, 3.63) is 35.4 Å². The molecule has 0 amide bonds. The summed E-state index contributed by atoms with van der Waals surface area (Å²) in [7, 11) is 0. The van der Waals surface area contributed by atoms with E-state index in [1.807, 2.05) is 0 Å². The van der Waals surface area contributed by atoms with Gasteiger partial charge in [0.2, 0.25) is 0 Å². The Morgan fingerprint density at radius 3 is 2.87 bits per heavy atom. The van der Waals surface area contributed by atoms with Crippen molar-refractivity contribution < 1.29 is 14.6 Å². The van der Waals surface area contributed by atoms with Gasteiger partial charge in [-0.15, -0.1) is 0 Å². The molecule has 0 bridgehead atoms. The van der Waals surface area contributed by atoms with Crippen molar-refractivity contribution in [1.82, 2.24) is 0 Å². The van der Waals surface area contributed by atoms with Crippen LogP contribution in [0.15, 0.2) is 24.3 Å². The summed E-state index contributed by atoms with van der Waals surface area (Å²) in [4.78, 5) is 11.0. The Hall–Kier alpha value is -1.77. The number of hydrogen-bond acceptors (Lipinski definition) is 3. The van der Waals surface area contributed by atoms with Crippen LogP contribution in [-0.4, -0.2) is 17.7 Å². The maximum absolute atomic E-state index is 11.0. The molecule has 1 rings (SSSR count). The van der Waals surface area contributed by atoms with Crippen LogP contribution in [0, 0.1) is 6.92 Å². The average molecular weight is 206 g/mol. The second-order valence-corrected chi connectivity index (χ2v) is 3.13. The minimum Gasteiger partial charge on any atom is -0.508 e. The highest BCUT2D eigenvalue weighted by Crippen LogP contribution is 2.17. The molecule has 0 heterocycles. The lowest BCUT2D eigenvalue weighted by atomic mass is 10.1. The molecular formula is C12H14O3. The van der Waals surface area contributed by atoms with Gasteiger partial charge >= 0.3 is 5.97 Å². The van der Waals surface area contributed by atoms with Gasteiger partial charge in [-0.1, -0.05) is 6.07 Å². The normalized spacial score (nSPS) is 10.5. The van der Waals surface area contributed by atoms with Crippen molar-refractivity contribution in [1.29, 1.82) is 0 Å². The van der Waals surface area contributed by atoms with Crippen LogP contribution in [0.3, 0.4) is 0 Å². The zero-order valence-electron chi connectivity index (χ0n) is 8.86. The van der Waals surface area contributed by atoms with E-state index in [4.69, 9.17) is 4.74 Å². The molecule has 80 valence electrons. The van der Waals surface area contributed by atoms with E-state index in [0.717, 1.165) is 11.1 Å². The molecule has 0 aromatic heterocycles. The molecule has 1 N–H and O–H groups in total. The lowest BCUT2D eigenvalue weighted by Gasteiger charge is -1.99. The first-order valence-corrected chi connectivity index (χ1v) is 4.78. The van der Waals surface area contributed by atoms with E-state index in [1.54, 1.807) is 38.1 Å². The second kappa shape index (κ2) is 5.20. The van der Waals surface area contributed by atoms with Crippen LogP contribution in [0.25, 0.3) is 6.08 Å². The molecule has 0 fully saturated rings. The first-order valence-electron chi connectivity index (χ1n) is 4.78. The highest BCUT2D eigenvalue weighted by atomic mass is 16.5. The summed E-state index contributed by atoms with van der Waals surface area (Å²) in [6, 6.07) is 5.13. The van der Waals surface area contributed by atoms with E-state index < -0.39 is 0 Å². The molecule has 1 aromatic carbocycles. The summed E-state index contributed by atoms with van der Waals surface area (Å²) in [5.41, 5.74) is 1.64. The topological polar surface area (TPSA) is 46.5 Å². The summed E-state index contributed by atoms with van der Waals surface area (Å²) in [5.74, 6) is -0.105. The molecule has 0 aliphatic carbocycles. The number of rotatable bonds is 3. The third-order valence-electron chi connectivity index (χ3n) is 1.92. The van der Waals surface area contributed by atoms with Crippen molar-refractivity contribution in [2.24, 2.45) is 0 Å². The molecule has 0 aliphatic rings. The lowest BCUT2D eigenvalue weighted by Crippen LogP contribution is -1.98. The zero-order valence-corrected chi connectivity index (χ0v) is 8.86. The van der Waals surface area contributed by atoms with Crippen LogP contribution in [0.5, 0.6) is 5.75 Å². The molecule has 0 atom stereocenters. The Morgan fingerprint density at radius 2 is 2.27 bits per heavy atom. The Bertz CT molecular complexity index is 380. The molecule has 0 spiro atoms. The number of phenolic OH excluding ortho intramolecular Hbond substituents is 1. The summed E-state index contributed by atoms with van der Waals surface area (Å²) in [5, 5.41) is 9.29. The second-order valence-electron chi connectivity index (χ2n) is 3.13. The van der Waals surface area contributed by atoms with Gasteiger partial charge in [0.15, 0.2) is 0 Å². The largest absolute Gasteiger partial charge is 0.508 e. The van der Waals surface area contributed by atoms with Gasteiger partial charge in [0.1, 0.15) is 5.75 Å². The van der Waals surface area contributed by atoms with Crippen molar-refractivity contribution in [2.75, 3.05) is 6.61 Å². The fourth-order valence-corrected chi connectivity index (χ4v) is 1.14. The van der Waals surface area contributed by atoms with E-state index in [2.05, 4.69) is 0 Å². The van der Waals surface area contributed by atoms with Gasteiger partial charge in [0.05, 0.1) is 6.61 Å². The number of benzene rings is 1. The molecule has 0 saturated heterocycles. The molecule has 0 saturated carbocycles. The van der Waals surface area contributed by atoms with Gasteiger partial charge in [0, 0.05) is 6.08 Å². The maximum Gasteiger partial charge on any atom is 0.330 e. The number of ether oxygens (including phenoxy) is 1. The zero-order chi connectivity index (χ0) is 11.3. The number of aryl methyl sites for hydroxylation is 1. The van der Waals surface area contributed by atoms with Crippen LogP contribution in [0.1, 0.15) is 18.1 Å². The fourth-order valence-electron chi connectivity index (χ4n) is 1.14. The van der Waals surface area contributed by atoms with Gasteiger partial charge in [-0.05, 0) is 43.2 Å². The highest BCUT2D eigenvalue weighted by molar-refractivity contribution is 5.87. The van der Waals surface area contributed by atoms with Gasteiger partial charge in [-0.3, -0.25) is 0 Å². The number of esters is 1. The predicted octanol–water partition coefficient (Wildman–Crippen LogP) is 2.28. The standard InChI is InChI=1S/C12H14O3/c1-3-15-12(14)7-5-10-4-6-11(13)9(2)8-10/h4-8,13H,3H2,1-2H3/b7-5+. The van der Waals surface area contributed by atoms with Crippen LogP contribution in [0.2, 0.25) is 0 Å². The Labute approximate surface area is 89.0 Å². The molecular weight excluding hydrogens is 192 g/mol. The number of aromatic hydroxyl groups is 1. The van der Waals surface area contributed by atoms with Gasteiger partial charge < -0.3 is 9.84 Å². The summed E-state index contributed by atoms with van der Waals surface area (Å²) < 4.78 is 4.74. The third-order valence-corrected chi connectivity index (χ3v) is 1.92. The summed E-state index contributed by atoms with van der Waals surface area (Å²) in [6.07, 6.45) is 3.03. The van der Waals surface area contributed by atoms with E-state index in [-0.39, 0.29) is 11.7 Å². The van der Waals surface area contributed by atoms with E-state index in [0.29, 0.717) is 6.61 Å². The third kappa shape index (κ3) is 3.46. The van der Waals surface area contributed by atoms with Crippen molar-refractivity contribution in [3.8, 4) is 5.75 Å². The Kier molecular flexibility index (Phi) is 3.92. The average Bonchev–Trinajstić information content (AvgIpc) is 2.20. The van der Waals surface area contributed by atoms with Crippen LogP contribution in [0.4, 0.5) is 0 Å². The van der Waals surface area contributed by atoms with Gasteiger partial charge in [-0.25, -0.2) is 4.79 Å². The van der Waals surface area contributed by atoms with E-state index in [9.17, 15) is 9.90 Å². The van der Waals surface area contributed by atoms with E-state index >= 15 is 0 Å². The monoisotopic (exact) mass is 206 g/mol. The number of phenols is 1. The molecule has 3 heteroatoms. The molecule has 0 radical (unpaired) electrons. The first kappa shape index (κ1) is 11.3. The van der Waals surface area contributed by atoms with Gasteiger partial charge in [0.25, 0.3) is 0 Å². The smallest absolute Gasteiger partial charge is 0.330 e. The number of carbonyl (C=O) groups excluding carboxylic acids is 1. The highest BCUT2D eigenvalue weighted by Gasteiger charge is 1.97. The lowest BCUT2D eigenvalue weighted by molar-refractivity contribution is -0.137. The summed E-state index contributed by atoms with van der Waals surface area (Å²) in [6.45, 7) is 3.94. The first-order chi connectivity index (χ1) is 7.13. The molecule has 3 nitrogen and oxygen atoms in total. The molecule has 0 unspecified atom stereocenters. The molecule has 0 aliphatic heterocycles. The van der Waals surface area contributed by atoms with Gasteiger partial charge in [-0.2, -0.15) is 0 Å². The Morgan fingerprint density at radius 1 is 1.53 bits per heavy atom. The van der Waals surface area contributed by atoms with Crippen LogP contribution >= 0.6 is 0 Å². The minimum absolute atomic E-state index is 0.253. The minimum atomic E-state index is -0.358. The van der Waals surface area contributed by atoms with E-state index in [1.165, 1.54) is 6.08 Å². The SMILES string of the molecule is CCOC(=O)/C=C/c1ccc(O)c(C)c1. The number of hydrogen-bond donors (Lipinski definition) is 1. The molecule has 1 aromatic rings. The van der Waals surface area contributed by atoms with Crippen molar-refractivity contribution in [3.63, 3.8) is 0 Å². The summed E-state index contributed by atoms with van der Waals surface area (Å²) >= 11 is 0. The predicted molar refractivity (Wildman–Crippen MR) is 58.5 cm³/mol. The molecule has 15 heavy (non-hydrogen) atoms. The Balaban J connectivity index is 2.72. The fraction of sp³-hybridized carbons (Fsp3) is 0.250. The van der Waals surface area contributed by atoms with Crippen molar-refractivity contribution in [2.45, 2.75) is 13.8 Å². The maximum atomic E-state index is 11.0. The quantitative estimate of drug-likeness (QED) is 0.609. The van der Waals surface area contributed by atoms with Crippen LogP contribution < -0.4 is 0 Å². The van der Waals surface area contributed by atoms with Crippen LogP contribution in [-0.2, 0) is 9.53 Å².